The van der Waals surface area contributed by atoms with Crippen LogP contribution in [-0.2, 0) is 14.9 Å². The van der Waals surface area contributed by atoms with Gasteiger partial charge in [-0.2, -0.15) is 8.42 Å². The molecule has 4 aliphatic carbocycles. The molecule has 11 atom stereocenters. The first kappa shape index (κ1) is 27.3. The number of carbonyl (C=O) groups is 1. The minimum absolute atomic E-state index is 0.0509. The molecule has 4 fully saturated rings. The standard InChI is InChI=1S/C26H45NO7S/c1-15(4-7-23(31)27-10-11-35(32,33)34)18-5-6-19-24-20(14-22(30)26(18,19)3)25(2)9-8-17(28)12-16(25)13-21(24)29/h15-22,24,28-30H,4-14H2,1-3H3,(H,27,31)(H,32,33,34)/t15?,16-,17+,18?,19?,20?,21?,22-,24?,25?,26?/m0/s1. The van der Waals surface area contributed by atoms with Gasteiger partial charge in [-0.25, -0.2) is 0 Å². The Hall–Kier alpha value is -0.740. The second-order valence-corrected chi connectivity index (χ2v) is 14.2. The molecular formula is C26H45NO7S. The van der Waals surface area contributed by atoms with Crippen LogP contribution in [0.1, 0.15) is 78.6 Å². The fraction of sp³-hybridized carbons (Fsp3) is 0.962. The Labute approximate surface area is 210 Å². The van der Waals surface area contributed by atoms with Crippen LogP contribution in [0, 0.1) is 46.3 Å². The van der Waals surface area contributed by atoms with Crippen LogP contribution < -0.4 is 5.32 Å². The second-order valence-electron chi connectivity index (χ2n) is 12.7. The Balaban J connectivity index is 1.43. The molecule has 0 aliphatic heterocycles. The van der Waals surface area contributed by atoms with Gasteiger partial charge in [-0.05, 0) is 97.7 Å². The summed E-state index contributed by atoms with van der Waals surface area (Å²) in [5, 5.41) is 35.8. The highest BCUT2D eigenvalue weighted by atomic mass is 32.2. The van der Waals surface area contributed by atoms with Gasteiger partial charge in [0, 0.05) is 13.0 Å². The number of hydrogen-bond acceptors (Lipinski definition) is 6. The van der Waals surface area contributed by atoms with E-state index in [1.54, 1.807) is 0 Å². The molecule has 4 aliphatic rings. The minimum atomic E-state index is -4.10. The number of carbonyl (C=O) groups excluding carboxylic acids is 1. The van der Waals surface area contributed by atoms with Crippen molar-refractivity contribution in [1.82, 2.24) is 5.32 Å². The largest absolute Gasteiger partial charge is 0.393 e. The molecule has 0 radical (unpaired) electrons. The van der Waals surface area contributed by atoms with Crippen molar-refractivity contribution in [2.24, 2.45) is 46.3 Å². The lowest BCUT2D eigenvalue weighted by Gasteiger charge is -2.63. The maximum absolute atomic E-state index is 12.2. The number of aliphatic hydroxyl groups is 3. The SMILES string of the molecule is CC(CCC(=O)NCCS(=O)(=O)O)C1CCC2C3C(O)C[C@@H]4C[C@H](O)CCC4(C)C3C[C@H](O)C12C. The highest BCUT2D eigenvalue weighted by molar-refractivity contribution is 7.85. The van der Waals surface area contributed by atoms with Crippen molar-refractivity contribution in [2.75, 3.05) is 12.3 Å². The maximum atomic E-state index is 12.2. The van der Waals surface area contributed by atoms with Crippen LogP contribution in [0.15, 0.2) is 0 Å². The number of nitrogens with one attached hydrogen (secondary N) is 1. The lowest BCUT2D eigenvalue weighted by molar-refractivity contribution is -0.207. The van der Waals surface area contributed by atoms with Crippen LogP contribution in [0.5, 0.6) is 0 Å². The number of rotatable bonds is 7. The summed E-state index contributed by atoms with van der Waals surface area (Å²) in [5.74, 6) is 0.705. The zero-order valence-corrected chi connectivity index (χ0v) is 22.2. The third kappa shape index (κ3) is 5.05. The van der Waals surface area contributed by atoms with Gasteiger partial charge in [0.15, 0.2) is 0 Å². The van der Waals surface area contributed by atoms with Gasteiger partial charge in [0.2, 0.25) is 5.91 Å². The molecule has 1 amide bonds. The van der Waals surface area contributed by atoms with Gasteiger partial charge in [0.25, 0.3) is 10.1 Å². The summed E-state index contributed by atoms with van der Waals surface area (Å²) >= 11 is 0. The Kier molecular flexibility index (Phi) is 7.69. The van der Waals surface area contributed by atoms with E-state index >= 15 is 0 Å². The smallest absolute Gasteiger partial charge is 0.266 e. The molecule has 0 saturated heterocycles. The highest BCUT2D eigenvalue weighted by Gasteiger charge is 2.65. The number of aliphatic hydroxyl groups excluding tert-OH is 3. The summed E-state index contributed by atoms with van der Waals surface area (Å²) in [6.45, 7) is 6.56. The molecule has 0 heterocycles. The molecule has 4 saturated carbocycles. The van der Waals surface area contributed by atoms with E-state index in [2.05, 4.69) is 26.1 Å². The predicted molar refractivity (Wildman–Crippen MR) is 132 cm³/mol. The van der Waals surface area contributed by atoms with E-state index in [1.807, 2.05) is 0 Å². The molecule has 0 bridgehead atoms. The Morgan fingerprint density at radius 1 is 1.06 bits per heavy atom. The van der Waals surface area contributed by atoms with Gasteiger partial charge in [0.1, 0.15) is 0 Å². The highest BCUT2D eigenvalue weighted by Crippen LogP contribution is 2.68. The summed E-state index contributed by atoms with van der Waals surface area (Å²) in [6, 6.07) is 0. The maximum Gasteiger partial charge on any atom is 0.266 e. The van der Waals surface area contributed by atoms with Crippen LogP contribution >= 0.6 is 0 Å². The van der Waals surface area contributed by atoms with Crippen molar-refractivity contribution in [3.05, 3.63) is 0 Å². The van der Waals surface area contributed by atoms with Gasteiger partial charge >= 0.3 is 0 Å². The minimum Gasteiger partial charge on any atom is -0.393 e. The fourth-order valence-corrected chi connectivity index (χ4v) is 9.46. The number of amides is 1. The molecule has 0 aromatic carbocycles. The van der Waals surface area contributed by atoms with Gasteiger partial charge in [-0.3, -0.25) is 9.35 Å². The summed E-state index contributed by atoms with van der Waals surface area (Å²) in [6.07, 6.45) is 5.67. The Morgan fingerprint density at radius 2 is 1.77 bits per heavy atom. The summed E-state index contributed by atoms with van der Waals surface area (Å²) in [5.41, 5.74) is -0.254. The third-order valence-electron chi connectivity index (χ3n) is 11.0. The molecular weight excluding hydrogens is 470 g/mol. The Bertz CT molecular complexity index is 896. The third-order valence-corrected chi connectivity index (χ3v) is 11.7. The zero-order valence-electron chi connectivity index (χ0n) is 21.4. The van der Waals surface area contributed by atoms with Crippen LogP contribution in [-0.4, -0.2) is 64.8 Å². The second kappa shape index (κ2) is 9.86. The topological polar surface area (TPSA) is 144 Å². The van der Waals surface area contributed by atoms with E-state index in [0.29, 0.717) is 18.8 Å². The van der Waals surface area contributed by atoms with Crippen molar-refractivity contribution >= 4 is 16.0 Å². The molecule has 8 unspecified atom stereocenters. The number of fused-ring (bicyclic) bond motifs is 5. The average molecular weight is 516 g/mol. The predicted octanol–water partition coefficient (Wildman–Crippen LogP) is 2.37. The van der Waals surface area contributed by atoms with Crippen molar-refractivity contribution < 1.29 is 33.1 Å². The first-order valence-corrected chi connectivity index (χ1v) is 15.1. The van der Waals surface area contributed by atoms with E-state index in [4.69, 9.17) is 4.55 Å². The van der Waals surface area contributed by atoms with Crippen molar-refractivity contribution in [3.8, 4) is 0 Å². The van der Waals surface area contributed by atoms with Crippen molar-refractivity contribution in [3.63, 3.8) is 0 Å². The Morgan fingerprint density at radius 3 is 2.46 bits per heavy atom. The first-order chi connectivity index (χ1) is 16.3. The first-order valence-electron chi connectivity index (χ1n) is 13.5. The van der Waals surface area contributed by atoms with Crippen molar-refractivity contribution in [2.45, 2.75) is 96.9 Å². The van der Waals surface area contributed by atoms with Crippen molar-refractivity contribution in [1.29, 1.82) is 0 Å². The van der Waals surface area contributed by atoms with E-state index < -0.39 is 28.1 Å². The summed E-state index contributed by atoms with van der Waals surface area (Å²) < 4.78 is 30.5. The van der Waals surface area contributed by atoms with E-state index in [0.717, 1.165) is 38.5 Å². The van der Waals surface area contributed by atoms with E-state index in [9.17, 15) is 28.5 Å². The van der Waals surface area contributed by atoms with Gasteiger partial charge in [0.05, 0.1) is 24.1 Å². The number of hydrogen-bond donors (Lipinski definition) is 5. The molecule has 35 heavy (non-hydrogen) atoms. The van der Waals surface area contributed by atoms with Gasteiger partial charge in [-0.1, -0.05) is 20.8 Å². The molecule has 5 N–H and O–H groups in total. The molecule has 8 nitrogen and oxygen atoms in total. The zero-order chi connectivity index (χ0) is 25.8. The molecule has 4 rings (SSSR count). The molecule has 0 aromatic rings. The van der Waals surface area contributed by atoms with Crippen LogP contribution in [0.3, 0.4) is 0 Å². The van der Waals surface area contributed by atoms with E-state index in [-0.39, 0.29) is 65.4 Å². The quantitative estimate of drug-likeness (QED) is 0.327. The molecule has 0 aromatic heterocycles. The summed E-state index contributed by atoms with van der Waals surface area (Å²) in [7, 11) is -4.10. The van der Waals surface area contributed by atoms with Gasteiger partial charge in [-0.15, -0.1) is 0 Å². The lowest BCUT2D eigenvalue weighted by atomic mass is 9.43. The molecule has 0 spiro atoms. The van der Waals surface area contributed by atoms with Gasteiger partial charge < -0.3 is 20.6 Å². The fourth-order valence-electron chi connectivity index (χ4n) is 9.10. The normalized spacial score (nSPS) is 46.3. The van der Waals surface area contributed by atoms with Crippen LogP contribution in [0.2, 0.25) is 0 Å². The molecule has 202 valence electrons. The van der Waals surface area contributed by atoms with Crippen LogP contribution in [0.25, 0.3) is 0 Å². The van der Waals surface area contributed by atoms with E-state index in [1.165, 1.54) is 0 Å². The summed E-state index contributed by atoms with van der Waals surface area (Å²) in [4.78, 5) is 12.2. The average Bonchev–Trinajstić information content (AvgIpc) is 3.12. The monoisotopic (exact) mass is 515 g/mol. The lowest BCUT2D eigenvalue weighted by Crippen LogP contribution is -2.62. The molecule has 9 heteroatoms. The van der Waals surface area contributed by atoms with Crippen LogP contribution in [0.4, 0.5) is 0 Å².